The second kappa shape index (κ2) is 5.92. The maximum atomic E-state index is 11.9. The molecule has 2 aromatic rings. The van der Waals surface area contributed by atoms with Gasteiger partial charge in [0.2, 0.25) is 0 Å². The summed E-state index contributed by atoms with van der Waals surface area (Å²) in [4.78, 5) is 11.9. The summed E-state index contributed by atoms with van der Waals surface area (Å²) in [6.45, 7) is 3.82. The summed E-state index contributed by atoms with van der Waals surface area (Å²) in [5.74, 6) is 0.557. The van der Waals surface area contributed by atoms with E-state index in [2.05, 4.69) is 0 Å². The van der Waals surface area contributed by atoms with Crippen LogP contribution in [0.1, 0.15) is 25.0 Å². The molecule has 1 N–H and O–H groups in total. The minimum absolute atomic E-state index is 0.135. The highest BCUT2D eigenvalue weighted by molar-refractivity contribution is 5.82. The van der Waals surface area contributed by atoms with Crippen LogP contribution in [-0.4, -0.2) is 12.2 Å². The van der Waals surface area contributed by atoms with Crippen LogP contribution in [0.2, 0.25) is 0 Å². The Labute approximate surface area is 117 Å². The van der Waals surface area contributed by atoms with Crippen LogP contribution in [0.5, 0.6) is 5.75 Å². The molecule has 0 unspecified atom stereocenters. The maximum Gasteiger partial charge on any atom is 0.339 e. The van der Waals surface area contributed by atoms with E-state index >= 15 is 0 Å². The van der Waals surface area contributed by atoms with Crippen LogP contribution in [0.4, 0.5) is 0 Å². The fourth-order valence-electron chi connectivity index (χ4n) is 2.01. The predicted octanol–water partition coefficient (Wildman–Crippen LogP) is 2.80. The molecule has 0 spiro atoms. The second-order valence-corrected chi connectivity index (χ2v) is 4.90. The lowest BCUT2D eigenvalue weighted by Crippen LogP contribution is -2.07. The van der Waals surface area contributed by atoms with Gasteiger partial charge >= 0.3 is 5.63 Å². The van der Waals surface area contributed by atoms with Gasteiger partial charge in [0.1, 0.15) is 11.3 Å². The smallest absolute Gasteiger partial charge is 0.339 e. The van der Waals surface area contributed by atoms with Crippen molar-refractivity contribution in [1.82, 2.24) is 0 Å². The molecule has 1 aromatic heterocycles. The van der Waals surface area contributed by atoms with Gasteiger partial charge in [-0.2, -0.15) is 0 Å². The number of hydrogen-bond acceptors (Lipinski definition) is 4. The Hall–Kier alpha value is -2.07. The highest BCUT2D eigenvalue weighted by atomic mass is 16.5. The van der Waals surface area contributed by atoms with Crippen molar-refractivity contribution in [3.8, 4) is 5.75 Å². The number of allylic oxidation sites excluding steroid dienone is 2. The predicted molar refractivity (Wildman–Crippen MR) is 78.1 cm³/mol. The highest BCUT2D eigenvalue weighted by Crippen LogP contribution is 2.25. The van der Waals surface area contributed by atoms with E-state index in [1.807, 2.05) is 19.9 Å². The van der Waals surface area contributed by atoms with Crippen LogP contribution in [0, 0.1) is 0 Å². The number of aliphatic hydroxyl groups is 1. The molecule has 1 heterocycles. The molecule has 106 valence electrons. The molecule has 0 aliphatic carbocycles. The molecular formula is C16H18O4. The lowest BCUT2D eigenvalue weighted by atomic mass is 10.1. The van der Waals surface area contributed by atoms with Gasteiger partial charge in [-0.25, -0.2) is 4.79 Å². The van der Waals surface area contributed by atoms with Crippen LogP contribution in [-0.2, 0) is 13.0 Å². The normalized spacial score (nSPS) is 10.6. The summed E-state index contributed by atoms with van der Waals surface area (Å²) in [5, 5.41) is 10.2. The fourth-order valence-corrected chi connectivity index (χ4v) is 2.01. The van der Waals surface area contributed by atoms with E-state index in [0.717, 1.165) is 11.0 Å². The van der Waals surface area contributed by atoms with Crippen molar-refractivity contribution in [2.24, 2.45) is 0 Å². The molecule has 0 bridgehead atoms. The van der Waals surface area contributed by atoms with Gasteiger partial charge in [0.25, 0.3) is 0 Å². The first-order valence-electron chi connectivity index (χ1n) is 6.43. The lowest BCUT2D eigenvalue weighted by molar-refractivity contribution is 0.282. The Morgan fingerprint density at radius 2 is 2.05 bits per heavy atom. The second-order valence-electron chi connectivity index (χ2n) is 4.90. The molecule has 4 heteroatoms. The first-order chi connectivity index (χ1) is 9.55. The van der Waals surface area contributed by atoms with Gasteiger partial charge in [-0.1, -0.05) is 11.6 Å². The van der Waals surface area contributed by atoms with Crippen LogP contribution in [0.25, 0.3) is 11.0 Å². The fraction of sp³-hybridized carbons (Fsp3) is 0.312. The molecule has 0 aliphatic rings. The summed E-state index contributed by atoms with van der Waals surface area (Å²) in [6, 6.07) is 5.18. The van der Waals surface area contributed by atoms with E-state index in [9.17, 15) is 9.90 Å². The SMILES string of the molecule is COc1cc(CO)c2cc(CC=C(C)C)c(=O)oc2c1. The molecule has 0 atom stereocenters. The van der Waals surface area contributed by atoms with Crippen molar-refractivity contribution < 1.29 is 14.3 Å². The number of rotatable bonds is 4. The molecular weight excluding hydrogens is 256 g/mol. The van der Waals surface area contributed by atoms with Crippen LogP contribution < -0.4 is 10.4 Å². The van der Waals surface area contributed by atoms with E-state index < -0.39 is 0 Å². The number of fused-ring (bicyclic) bond motifs is 1. The number of ether oxygens (including phenoxy) is 1. The topological polar surface area (TPSA) is 59.7 Å². The molecule has 4 nitrogen and oxygen atoms in total. The molecule has 0 saturated carbocycles. The quantitative estimate of drug-likeness (QED) is 0.688. The van der Waals surface area contributed by atoms with Crippen molar-refractivity contribution in [3.63, 3.8) is 0 Å². The van der Waals surface area contributed by atoms with Crippen LogP contribution in [0.15, 0.2) is 39.1 Å². The largest absolute Gasteiger partial charge is 0.497 e. The molecule has 20 heavy (non-hydrogen) atoms. The summed E-state index contributed by atoms with van der Waals surface area (Å²) in [7, 11) is 1.53. The van der Waals surface area contributed by atoms with Gasteiger partial charge in [-0.3, -0.25) is 0 Å². The Balaban J connectivity index is 2.62. The van der Waals surface area contributed by atoms with Crippen molar-refractivity contribution in [2.45, 2.75) is 26.9 Å². The van der Waals surface area contributed by atoms with Gasteiger partial charge in [-0.15, -0.1) is 0 Å². The zero-order valence-electron chi connectivity index (χ0n) is 11.9. The minimum atomic E-state index is -0.354. The van der Waals surface area contributed by atoms with Gasteiger partial charge in [0.15, 0.2) is 0 Å². The lowest BCUT2D eigenvalue weighted by Gasteiger charge is -2.08. The molecule has 0 fully saturated rings. The van der Waals surface area contributed by atoms with Gasteiger partial charge in [0.05, 0.1) is 13.7 Å². The van der Waals surface area contributed by atoms with Crippen molar-refractivity contribution >= 4 is 11.0 Å². The van der Waals surface area contributed by atoms with Crippen molar-refractivity contribution in [2.75, 3.05) is 7.11 Å². The van der Waals surface area contributed by atoms with Crippen molar-refractivity contribution in [1.29, 1.82) is 0 Å². The first kappa shape index (κ1) is 14.3. The van der Waals surface area contributed by atoms with E-state index in [-0.39, 0.29) is 12.2 Å². The van der Waals surface area contributed by atoms with E-state index in [4.69, 9.17) is 9.15 Å². The Morgan fingerprint density at radius 1 is 1.30 bits per heavy atom. The molecule has 0 amide bonds. The number of methoxy groups -OCH3 is 1. The zero-order valence-corrected chi connectivity index (χ0v) is 11.9. The van der Waals surface area contributed by atoms with Gasteiger partial charge in [-0.05, 0) is 38.0 Å². The Bertz CT molecular complexity index is 706. The monoisotopic (exact) mass is 274 g/mol. The summed E-state index contributed by atoms with van der Waals surface area (Å²) < 4.78 is 10.5. The average molecular weight is 274 g/mol. The highest BCUT2D eigenvalue weighted by Gasteiger charge is 2.10. The Kier molecular flexibility index (Phi) is 4.25. The van der Waals surface area contributed by atoms with E-state index in [0.29, 0.717) is 28.9 Å². The molecule has 1 aromatic carbocycles. The molecule has 0 aliphatic heterocycles. The first-order valence-corrected chi connectivity index (χ1v) is 6.43. The van der Waals surface area contributed by atoms with Gasteiger partial charge in [0, 0.05) is 17.0 Å². The third-order valence-corrected chi connectivity index (χ3v) is 3.12. The molecule has 0 radical (unpaired) electrons. The third kappa shape index (κ3) is 2.91. The average Bonchev–Trinajstić information content (AvgIpc) is 2.43. The van der Waals surface area contributed by atoms with Crippen LogP contribution >= 0.6 is 0 Å². The standard InChI is InChI=1S/C16H18O4/c1-10(2)4-5-11-7-14-12(9-17)6-13(19-3)8-15(14)20-16(11)18/h4,6-8,17H,5,9H2,1-3H3. The number of benzene rings is 1. The Morgan fingerprint density at radius 3 is 2.65 bits per heavy atom. The van der Waals surface area contributed by atoms with Gasteiger partial charge < -0.3 is 14.3 Å². The maximum absolute atomic E-state index is 11.9. The van der Waals surface area contributed by atoms with Crippen molar-refractivity contribution in [3.05, 3.63) is 51.4 Å². The third-order valence-electron chi connectivity index (χ3n) is 3.12. The summed E-state index contributed by atoms with van der Waals surface area (Å²) in [6.07, 6.45) is 2.50. The van der Waals surface area contributed by atoms with E-state index in [1.165, 1.54) is 7.11 Å². The number of hydrogen-bond donors (Lipinski definition) is 1. The number of aliphatic hydroxyl groups excluding tert-OH is 1. The van der Waals surface area contributed by atoms with E-state index in [1.54, 1.807) is 18.2 Å². The zero-order chi connectivity index (χ0) is 14.7. The molecule has 0 saturated heterocycles. The summed E-state index contributed by atoms with van der Waals surface area (Å²) >= 11 is 0. The molecule has 2 rings (SSSR count). The van der Waals surface area contributed by atoms with Crippen LogP contribution in [0.3, 0.4) is 0 Å². The minimum Gasteiger partial charge on any atom is -0.497 e. The summed E-state index contributed by atoms with van der Waals surface area (Å²) in [5.41, 5.74) is 2.48.